The molecular weight excluding hydrogens is 334 g/mol. The Morgan fingerprint density at radius 1 is 1.25 bits per heavy atom. The van der Waals surface area contributed by atoms with E-state index in [9.17, 15) is 5.11 Å². The average Bonchev–Trinajstić information content (AvgIpc) is 2.23. The zero-order chi connectivity index (χ0) is 12.1. The van der Waals surface area contributed by atoms with Crippen LogP contribution in [0.2, 0.25) is 0 Å². The van der Waals surface area contributed by atoms with Crippen LogP contribution in [-0.2, 0) is 0 Å². The predicted molar refractivity (Wildman–Crippen MR) is 74.3 cm³/mol. The van der Waals surface area contributed by atoms with Crippen molar-refractivity contribution in [2.24, 2.45) is 11.7 Å². The summed E-state index contributed by atoms with van der Waals surface area (Å²) < 4.78 is 1.92. The zero-order valence-electron chi connectivity index (χ0n) is 9.29. The third kappa shape index (κ3) is 3.84. The van der Waals surface area contributed by atoms with Crippen LogP contribution < -0.4 is 5.73 Å². The maximum atomic E-state index is 10.2. The molecule has 4 heteroatoms. The molecule has 3 N–H and O–H groups in total. The molecule has 0 aromatic heterocycles. The smallest absolute Gasteiger partial charge is 0.0831 e. The first-order valence-electron chi connectivity index (χ1n) is 5.42. The number of aliphatic hydroxyl groups is 1. The van der Waals surface area contributed by atoms with Crippen LogP contribution in [0.25, 0.3) is 0 Å². The first kappa shape index (κ1) is 14.2. The van der Waals surface area contributed by atoms with Crippen molar-refractivity contribution in [3.8, 4) is 0 Å². The van der Waals surface area contributed by atoms with E-state index in [2.05, 4.69) is 38.8 Å². The number of hydrogen-bond donors (Lipinski definition) is 2. The van der Waals surface area contributed by atoms with E-state index in [-0.39, 0.29) is 5.92 Å². The van der Waals surface area contributed by atoms with Crippen molar-refractivity contribution in [3.63, 3.8) is 0 Å². The van der Waals surface area contributed by atoms with E-state index in [1.807, 2.05) is 18.2 Å². The molecule has 0 aliphatic heterocycles. The fourth-order valence-corrected chi connectivity index (χ4v) is 3.12. The van der Waals surface area contributed by atoms with E-state index in [1.54, 1.807) is 0 Å². The van der Waals surface area contributed by atoms with Crippen LogP contribution >= 0.6 is 31.9 Å². The van der Waals surface area contributed by atoms with Gasteiger partial charge in [-0.2, -0.15) is 0 Å². The van der Waals surface area contributed by atoms with Gasteiger partial charge in [-0.1, -0.05) is 45.2 Å². The lowest BCUT2D eigenvalue weighted by Gasteiger charge is -2.21. The van der Waals surface area contributed by atoms with Crippen LogP contribution in [0.15, 0.2) is 27.1 Å². The molecule has 16 heavy (non-hydrogen) atoms. The molecule has 2 atom stereocenters. The largest absolute Gasteiger partial charge is 0.388 e. The Morgan fingerprint density at radius 2 is 1.81 bits per heavy atom. The molecule has 0 bridgehead atoms. The Kier molecular flexibility index (Phi) is 5.97. The highest BCUT2D eigenvalue weighted by molar-refractivity contribution is 9.11. The minimum absolute atomic E-state index is 0.131. The van der Waals surface area contributed by atoms with Crippen molar-refractivity contribution < 1.29 is 5.11 Å². The highest BCUT2D eigenvalue weighted by Gasteiger charge is 2.19. The lowest BCUT2D eigenvalue weighted by atomic mass is 9.92. The first-order chi connectivity index (χ1) is 7.58. The SMILES string of the molecule is CCCC(CN)C(O)c1cc(Br)cc(Br)c1. The zero-order valence-corrected chi connectivity index (χ0v) is 12.5. The molecule has 2 nitrogen and oxygen atoms in total. The van der Waals surface area contributed by atoms with Gasteiger partial charge in [0.1, 0.15) is 0 Å². The van der Waals surface area contributed by atoms with E-state index in [0.29, 0.717) is 6.54 Å². The minimum atomic E-state index is -0.487. The van der Waals surface area contributed by atoms with Crippen molar-refractivity contribution >= 4 is 31.9 Å². The predicted octanol–water partition coefficient (Wildman–Crippen LogP) is 3.62. The van der Waals surface area contributed by atoms with Gasteiger partial charge >= 0.3 is 0 Å². The number of benzene rings is 1. The van der Waals surface area contributed by atoms with Gasteiger partial charge < -0.3 is 10.8 Å². The number of rotatable bonds is 5. The molecule has 0 saturated carbocycles. The molecule has 0 aliphatic carbocycles. The normalized spacial score (nSPS) is 14.8. The van der Waals surface area contributed by atoms with Crippen molar-refractivity contribution in [2.45, 2.75) is 25.9 Å². The third-order valence-electron chi connectivity index (χ3n) is 2.64. The van der Waals surface area contributed by atoms with Crippen LogP contribution in [0.3, 0.4) is 0 Å². The van der Waals surface area contributed by atoms with Crippen LogP contribution in [0.1, 0.15) is 31.4 Å². The molecule has 1 aromatic rings. The maximum Gasteiger partial charge on any atom is 0.0831 e. The van der Waals surface area contributed by atoms with Gasteiger partial charge in [-0.25, -0.2) is 0 Å². The van der Waals surface area contributed by atoms with Gasteiger partial charge in [0, 0.05) is 14.9 Å². The molecule has 2 unspecified atom stereocenters. The van der Waals surface area contributed by atoms with E-state index in [4.69, 9.17) is 5.73 Å². The second kappa shape index (κ2) is 6.74. The average molecular weight is 351 g/mol. The Labute approximate surface area is 113 Å². The standard InChI is InChI=1S/C12H17Br2NO/c1-2-3-8(7-15)12(16)9-4-10(13)6-11(14)5-9/h4-6,8,12,16H,2-3,7,15H2,1H3. The summed E-state index contributed by atoms with van der Waals surface area (Å²) in [6.07, 6.45) is 1.49. The highest BCUT2D eigenvalue weighted by atomic mass is 79.9. The second-order valence-electron chi connectivity index (χ2n) is 3.93. The van der Waals surface area contributed by atoms with Gasteiger partial charge in [0.25, 0.3) is 0 Å². The van der Waals surface area contributed by atoms with Gasteiger partial charge in [-0.05, 0) is 36.7 Å². The van der Waals surface area contributed by atoms with Gasteiger partial charge in [0.05, 0.1) is 6.10 Å². The van der Waals surface area contributed by atoms with Crippen molar-refractivity contribution in [1.29, 1.82) is 0 Å². The molecule has 0 fully saturated rings. The highest BCUT2D eigenvalue weighted by Crippen LogP contribution is 2.29. The molecule has 0 heterocycles. The van der Waals surface area contributed by atoms with Gasteiger partial charge in [0.2, 0.25) is 0 Å². The van der Waals surface area contributed by atoms with Crippen molar-refractivity contribution in [1.82, 2.24) is 0 Å². The van der Waals surface area contributed by atoms with Crippen LogP contribution in [0, 0.1) is 5.92 Å². The molecular formula is C12H17Br2NO. The number of aliphatic hydroxyl groups excluding tert-OH is 1. The van der Waals surface area contributed by atoms with E-state index < -0.39 is 6.10 Å². The van der Waals surface area contributed by atoms with Crippen molar-refractivity contribution in [3.05, 3.63) is 32.7 Å². The van der Waals surface area contributed by atoms with Crippen molar-refractivity contribution in [2.75, 3.05) is 6.54 Å². The van der Waals surface area contributed by atoms with Gasteiger partial charge in [0.15, 0.2) is 0 Å². The topological polar surface area (TPSA) is 46.2 Å². The van der Waals surface area contributed by atoms with E-state index in [1.165, 1.54) is 0 Å². The molecule has 0 aliphatic rings. The lowest BCUT2D eigenvalue weighted by Crippen LogP contribution is -2.21. The monoisotopic (exact) mass is 349 g/mol. The number of hydrogen-bond acceptors (Lipinski definition) is 2. The van der Waals surface area contributed by atoms with Crippen LogP contribution in [-0.4, -0.2) is 11.7 Å². The summed E-state index contributed by atoms with van der Waals surface area (Å²) in [5.74, 6) is 0.131. The first-order valence-corrected chi connectivity index (χ1v) is 7.01. The third-order valence-corrected chi connectivity index (χ3v) is 3.55. The Balaban J connectivity index is 2.89. The second-order valence-corrected chi connectivity index (χ2v) is 5.76. The molecule has 1 aromatic carbocycles. The fraction of sp³-hybridized carbons (Fsp3) is 0.500. The van der Waals surface area contributed by atoms with Gasteiger partial charge in [-0.15, -0.1) is 0 Å². The minimum Gasteiger partial charge on any atom is -0.388 e. The molecule has 0 radical (unpaired) electrons. The summed E-state index contributed by atoms with van der Waals surface area (Å²) in [6, 6.07) is 5.83. The van der Waals surface area contributed by atoms with Crippen LogP contribution in [0.4, 0.5) is 0 Å². The summed E-state index contributed by atoms with van der Waals surface area (Å²) >= 11 is 6.84. The van der Waals surface area contributed by atoms with Gasteiger partial charge in [-0.3, -0.25) is 0 Å². The van der Waals surface area contributed by atoms with E-state index >= 15 is 0 Å². The van der Waals surface area contributed by atoms with E-state index in [0.717, 1.165) is 27.4 Å². The molecule has 1 rings (SSSR count). The maximum absolute atomic E-state index is 10.2. The lowest BCUT2D eigenvalue weighted by molar-refractivity contribution is 0.106. The molecule has 0 spiro atoms. The summed E-state index contributed by atoms with van der Waals surface area (Å²) in [5.41, 5.74) is 6.60. The Morgan fingerprint density at radius 3 is 2.25 bits per heavy atom. The molecule has 0 saturated heterocycles. The summed E-state index contributed by atoms with van der Waals surface area (Å²) in [5, 5.41) is 10.2. The number of halogens is 2. The molecule has 90 valence electrons. The summed E-state index contributed by atoms with van der Waals surface area (Å²) in [4.78, 5) is 0. The number of nitrogens with two attached hydrogens (primary N) is 1. The summed E-state index contributed by atoms with van der Waals surface area (Å²) in [7, 11) is 0. The Hall–Kier alpha value is 0.1000. The fourth-order valence-electron chi connectivity index (χ4n) is 1.79. The molecule has 0 amide bonds. The Bertz CT molecular complexity index is 324. The summed E-state index contributed by atoms with van der Waals surface area (Å²) in [6.45, 7) is 2.62. The quantitative estimate of drug-likeness (QED) is 0.851. The van der Waals surface area contributed by atoms with Crippen LogP contribution in [0.5, 0.6) is 0 Å².